The van der Waals surface area contributed by atoms with Gasteiger partial charge in [0.25, 0.3) is 0 Å². The summed E-state index contributed by atoms with van der Waals surface area (Å²) in [5, 5.41) is 24.1. The number of β-amino-alcohol motifs (C(OH)–C–C–N with tert-alkyl or cyclic N) is 1. The SMILES string of the molecule is CCC(=O)O[C@@H]1CC(=O)O[C@@H](C/C=C/c2ccccc2-c2cccnc2)CCCN(C)C[C@H](O)[C@H](C)C[C@H](CC=O)[C@H](O[C@@H]2OC(C)[C@@H](O[C@H]3CC(C)(OC(C)=O)[C@@H](OC(=O)CC)C(C)O3)C(N(C)C)C2O)[C@H]1OC. The number of aliphatic hydroxyl groups excluding tert-OH is 2. The molecule has 3 aliphatic heterocycles. The lowest BCUT2D eigenvalue weighted by molar-refractivity contribution is -0.344. The number of aldehydes is 1. The Labute approximate surface area is 442 Å². The maximum atomic E-state index is 14.3. The fraction of sp³-hybridized carbons (Fsp3) is 0.679. The molecule has 418 valence electrons. The molecular formula is C56H83N3O16. The first-order chi connectivity index (χ1) is 35.7. The molecule has 0 spiro atoms. The van der Waals surface area contributed by atoms with E-state index in [2.05, 4.69) is 4.98 Å². The molecule has 0 bridgehead atoms. The van der Waals surface area contributed by atoms with Crippen molar-refractivity contribution in [2.24, 2.45) is 11.8 Å². The summed E-state index contributed by atoms with van der Waals surface area (Å²) in [7, 11) is 6.81. The standard InChI is InChI=1S/C56H83N3O16/c1-12-45(63)71-44-30-47(65)70-41(22-16-20-38-19-14-15-24-42(38)40-21-17-26-57-32-40)23-18-27-59(10)33-43(62)34(3)29-39(25-28-60)52(53(44)67-11)74-55-50(66)49(58(8)9)51(35(4)69-55)73-48-31-56(7,75-37(6)61)54(36(5)68-48)72-46(64)13-2/h14-17,19-21,24,26,28,32,34-36,39,41,43-44,48-55,62,66H,12-13,18,22-23,25,27,29-31,33H2,1-11H3/b20-16+/t34-,35?,36?,39+,41+,43+,44-,48+,49?,50?,51-,52+,53+,54+,55+,56?/m1/s1. The van der Waals surface area contributed by atoms with E-state index in [-0.39, 0.29) is 32.1 Å². The van der Waals surface area contributed by atoms with Gasteiger partial charge in [0.15, 0.2) is 24.3 Å². The van der Waals surface area contributed by atoms with E-state index in [9.17, 15) is 34.2 Å². The first kappa shape index (κ1) is 61.2. The number of aliphatic hydroxyl groups is 2. The van der Waals surface area contributed by atoms with Crippen molar-refractivity contribution in [3.05, 3.63) is 60.4 Å². The predicted octanol–water partition coefficient (Wildman–Crippen LogP) is 5.69. The highest BCUT2D eigenvalue weighted by Gasteiger charge is 2.54. The third-order valence-corrected chi connectivity index (χ3v) is 14.5. The van der Waals surface area contributed by atoms with Gasteiger partial charge in [0, 0.05) is 70.6 Å². The third-order valence-electron chi connectivity index (χ3n) is 14.5. The zero-order valence-corrected chi connectivity index (χ0v) is 45.7. The molecule has 1 aromatic heterocycles. The molecule has 3 fully saturated rings. The quantitative estimate of drug-likeness (QED) is 0.110. The summed E-state index contributed by atoms with van der Waals surface area (Å²) in [5.74, 6) is -3.48. The highest BCUT2D eigenvalue weighted by atomic mass is 16.7. The highest BCUT2D eigenvalue weighted by Crippen LogP contribution is 2.39. The highest BCUT2D eigenvalue weighted by molar-refractivity contribution is 5.75. The molecule has 3 aliphatic rings. The van der Waals surface area contributed by atoms with Crippen molar-refractivity contribution in [3.63, 3.8) is 0 Å². The predicted molar refractivity (Wildman–Crippen MR) is 276 cm³/mol. The van der Waals surface area contributed by atoms with Gasteiger partial charge in [0.1, 0.15) is 36.8 Å². The van der Waals surface area contributed by atoms with Crippen LogP contribution in [0.2, 0.25) is 0 Å². The summed E-state index contributed by atoms with van der Waals surface area (Å²) in [4.78, 5) is 73.2. The van der Waals surface area contributed by atoms with Gasteiger partial charge in [-0.15, -0.1) is 0 Å². The Morgan fingerprint density at radius 2 is 1.67 bits per heavy atom. The van der Waals surface area contributed by atoms with Crippen LogP contribution in [0.1, 0.15) is 112 Å². The van der Waals surface area contributed by atoms with Crippen molar-refractivity contribution in [1.82, 2.24) is 14.8 Å². The molecule has 0 amide bonds. The molecule has 1 aromatic carbocycles. The molecule has 19 heteroatoms. The molecule has 75 heavy (non-hydrogen) atoms. The summed E-state index contributed by atoms with van der Waals surface area (Å²) in [6.07, 6.45) is -2.94. The van der Waals surface area contributed by atoms with Crippen molar-refractivity contribution in [3.8, 4) is 11.1 Å². The number of hydrogen-bond acceptors (Lipinski definition) is 19. The average molecular weight is 1050 g/mol. The van der Waals surface area contributed by atoms with E-state index < -0.39 is 127 Å². The molecule has 2 aromatic rings. The van der Waals surface area contributed by atoms with Crippen LogP contribution >= 0.6 is 0 Å². The molecule has 3 saturated heterocycles. The largest absolute Gasteiger partial charge is 0.462 e. The summed E-state index contributed by atoms with van der Waals surface area (Å²) >= 11 is 0. The second-order valence-electron chi connectivity index (χ2n) is 20.7. The minimum atomic E-state index is -1.45. The molecule has 0 radical (unpaired) electrons. The van der Waals surface area contributed by atoms with Crippen LogP contribution in [0.5, 0.6) is 0 Å². The zero-order chi connectivity index (χ0) is 55.0. The summed E-state index contributed by atoms with van der Waals surface area (Å²) in [5.41, 5.74) is 1.58. The summed E-state index contributed by atoms with van der Waals surface area (Å²) in [6.45, 7) is 12.4. The minimum Gasteiger partial charge on any atom is -0.462 e. The Kier molecular flexibility index (Phi) is 23.8. The van der Waals surface area contributed by atoms with Crippen LogP contribution in [0, 0.1) is 11.8 Å². The Hall–Kier alpha value is -4.70. The Bertz CT molecular complexity index is 2160. The summed E-state index contributed by atoms with van der Waals surface area (Å²) in [6, 6.07) is 11.0. The molecule has 0 saturated carbocycles. The van der Waals surface area contributed by atoms with Crippen LogP contribution < -0.4 is 0 Å². The average Bonchev–Trinajstić information content (AvgIpc) is 3.35. The Morgan fingerprint density at radius 3 is 2.32 bits per heavy atom. The van der Waals surface area contributed by atoms with Gasteiger partial charge in [0.2, 0.25) is 0 Å². The third kappa shape index (κ3) is 17.1. The normalized spacial score (nSPS) is 33.8. The number of cyclic esters (lactones) is 1. The van der Waals surface area contributed by atoms with Crippen LogP contribution in [0.15, 0.2) is 54.9 Å². The Morgan fingerprint density at radius 1 is 0.947 bits per heavy atom. The fourth-order valence-electron chi connectivity index (χ4n) is 10.6. The van der Waals surface area contributed by atoms with E-state index >= 15 is 0 Å². The first-order valence-corrected chi connectivity index (χ1v) is 26.4. The smallest absolute Gasteiger partial charge is 0.309 e. The molecule has 19 nitrogen and oxygen atoms in total. The van der Waals surface area contributed by atoms with Crippen LogP contribution in [-0.2, 0) is 66.6 Å². The Balaban J connectivity index is 1.46. The second kappa shape index (κ2) is 29.2. The van der Waals surface area contributed by atoms with Gasteiger partial charge >= 0.3 is 23.9 Å². The zero-order valence-electron chi connectivity index (χ0n) is 45.7. The van der Waals surface area contributed by atoms with Gasteiger partial charge in [-0.2, -0.15) is 0 Å². The monoisotopic (exact) mass is 1050 g/mol. The van der Waals surface area contributed by atoms with E-state index in [0.717, 1.165) is 23.0 Å². The van der Waals surface area contributed by atoms with Gasteiger partial charge < -0.3 is 67.4 Å². The summed E-state index contributed by atoms with van der Waals surface area (Å²) < 4.78 is 56.3. The number of rotatable bonds is 17. The van der Waals surface area contributed by atoms with Crippen molar-refractivity contribution < 1.29 is 76.8 Å². The number of hydrogen-bond donors (Lipinski definition) is 2. The fourth-order valence-corrected chi connectivity index (χ4v) is 10.6. The molecule has 4 heterocycles. The maximum Gasteiger partial charge on any atom is 0.309 e. The topological polar surface area (TPSA) is 228 Å². The number of carbonyl (C=O) groups is 5. The minimum absolute atomic E-state index is 0.0259. The number of nitrogens with zero attached hydrogens (tertiary/aromatic N) is 3. The molecule has 2 N–H and O–H groups in total. The maximum absolute atomic E-state index is 14.3. The first-order valence-electron chi connectivity index (χ1n) is 26.4. The molecule has 5 unspecified atom stereocenters. The van der Waals surface area contributed by atoms with Gasteiger partial charge in [0.05, 0.1) is 36.9 Å². The number of esters is 4. The molecule has 5 rings (SSSR count). The van der Waals surface area contributed by atoms with Crippen LogP contribution in [-0.4, -0.2) is 182 Å². The number of benzene rings is 1. The number of ether oxygens (including phenoxy) is 9. The number of methoxy groups -OCH3 is 1. The van der Waals surface area contributed by atoms with Crippen LogP contribution in [0.3, 0.4) is 0 Å². The van der Waals surface area contributed by atoms with E-state index in [0.29, 0.717) is 32.4 Å². The van der Waals surface area contributed by atoms with Gasteiger partial charge in [-0.25, -0.2) is 0 Å². The van der Waals surface area contributed by atoms with Crippen molar-refractivity contribution in [2.75, 3.05) is 41.3 Å². The number of pyridine rings is 1. The number of aromatic nitrogens is 1. The molecule has 0 aliphatic carbocycles. The van der Waals surface area contributed by atoms with E-state index in [1.165, 1.54) is 14.0 Å². The van der Waals surface area contributed by atoms with Crippen LogP contribution in [0.25, 0.3) is 17.2 Å². The molecule has 16 atom stereocenters. The number of likely N-dealkylation sites (N-methyl/N-ethyl adjacent to an activating group) is 2. The van der Waals surface area contributed by atoms with Gasteiger partial charge in [-0.1, -0.05) is 63.3 Å². The van der Waals surface area contributed by atoms with Crippen molar-refractivity contribution in [1.29, 1.82) is 0 Å². The van der Waals surface area contributed by atoms with E-state index in [1.54, 1.807) is 66.0 Å². The lowest BCUT2D eigenvalue weighted by Gasteiger charge is -2.50. The van der Waals surface area contributed by atoms with Crippen LogP contribution in [0.4, 0.5) is 0 Å². The van der Waals surface area contributed by atoms with Gasteiger partial charge in [-0.3, -0.25) is 24.2 Å². The van der Waals surface area contributed by atoms with Crippen molar-refractivity contribution in [2.45, 2.75) is 192 Å². The van der Waals surface area contributed by atoms with Crippen molar-refractivity contribution >= 4 is 36.2 Å². The lowest BCUT2D eigenvalue weighted by Crippen LogP contribution is -2.66. The van der Waals surface area contributed by atoms with E-state index in [4.69, 9.17) is 42.6 Å². The number of carbonyl (C=O) groups excluding carboxylic acids is 5. The molecular weight excluding hydrogens is 971 g/mol. The lowest BCUT2D eigenvalue weighted by atomic mass is 9.82. The van der Waals surface area contributed by atoms with E-state index in [1.807, 2.05) is 67.4 Å². The second-order valence-corrected chi connectivity index (χ2v) is 20.7. The van der Waals surface area contributed by atoms with Gasteiger partial charge in [-0.05, 0) is 96.8 Å².